The van der Waals surface area contributed by atoms with Gasteiger partial charge in [0.05, 0.1) is 23.0 Å². The minimum atomic E-state index is -0.978. The molecule has 0 bridgehead atoms. The first-order chi connectivity index (χ1) is 8.95. The average molecular weight is 290 g/mol. The Bertz CT molecular complexity index is 570. The molecule has 1 N–H and O–H groups in total. The Labute approximate surface area is 113 Å². The van der Waals surface area contributed by atoms with Gasteiger partial charge in [0.15, 0.2) is 0 Å². The molecule has 1 unspecified atom stereocenters. The first kappa shape index (κ1) is 13.9. The van der Waals surface area contributed by atoms with E-state index in [1.165, 1.54) is 17.9 Å². The summed E-state index contributed by atoms with van der Waals surface area (Å²) >= 11 is 5.96. The molecule has 3 nitrogen and oxygen atoms in total. The number of aryl methyl sites for hydroxylation is 1. The lowest BCUT2D eigenvalue weighted by molar-refractivity contribution is 0.489. The van der Waals surface area contributed by atoms with Crippen molar-refractivity contribution in [1.82, 2.24) is 15.1 Å². The Morgan fingerprint density at radius 2 is 1.84 bits per heavy atom. The second kappa shape index (κ2) is 5.22. The average Bonchev–Trinajstić information content (AvgIpc) is 2.64. The molecule has 0 saturated heterocycles. The second-order valence-electron chi connectivity index (χ2n) is 4.01. The Morgan fingerprint density at radius 1 is 1.26 bits per heavy atom. The van der Waals surface area contributed by atoms with E-state index in [1.807, 2.05) is 0 Å². The fourth-order valence-electron chi connectivity index (χ4n) is 1.99. The van der Waals surface area contributed by atoms with Crippen molar-refractivity contribution in [2.24, 2.45) is 7.05 Å². The van der Waals surface area contributed by atoms with Gasteiger partial charge in [-0.05, 0) is 7.05 Å². The van der Waals surface area contributed by atoms with Gasteiger partial charge in [0.1, 0.15) is 17.5 Å². The van der Waals surface area contributed by atoms with Crippen molar-refractivity contribution in [2.75, 3.05) is 7.05 Å². The van der Waals surface area contributed by atoms with Crippen LogP contribution in [-0.2, 0) is 7.05 Å². The molecule has 7 heteroatoms. The van der Waals surface area contributed by atoms with E-state index in [-0.39, 0.29) is 10.6 Å². The van der Waals surface area contributed by atoms with Gasteiger partial charge in [0.2, 0.25) is 0 Å². The molecule has 0 amide bonds. The summed E-state index contributed by atoms with van der Waals surface area (Å²) in [7, 11) is 3.13. The van der Waals surface area contributed by atoms with E-state index in [4.69, 9.17) is 11.6 Å². The molecule has 2 rings (SSSR count). The van der Waals surface area contributed by atoms with E-state index in [0.29, 0.717) is 17.8 Å². The van der Waals surface area contributed by atoms with Crippen LogP contribution in [0.15, 0.2) is 18.3 Å². The summed E-state index contributed by atoms with van der Waals surface area (Å²) in [4.78, 5) is 0. The van der Waals surface area contributed by atoms with Crippen LogP contribution in [0.2, 0.25) is 5.02 Å². The summed E-state index contributed by atoms with van der Waals surface area (Å²) in [5.74, 6) is -2.92. The topological polar surface area (TPSA) is 29.9 Å². The molecule has 0 fully saturated rings. The van der Waals surface area contributed by atoms with Crippen molar-refractivity contribution in [3.63, 3.8) is 0 Å². The van der Waals surface area contributed by atoms with Crippen LogP contribution >= 0.6 is 11.6 Å². The van der Waals surface area contributed by atoms with E-state index < -0.39 is 23.5 Å². The molecule has 2 aromatic rings. The van der Waals surface area contributed by atoms with E-state index in [1.54, 1.807) is 7.05 Å². The van der Waals surface area contributed by atoms with Gasteiger partial charge >= 0.3 is 0 Å². The third-order valence-electron chi connectivity index (χ3n) is 2.83. The molecule has 0 spiro atoms. The molecule has 0 aliphatic rings. The van der Waals surface area contributed by atoms with Gasteiger partial charge in [-0.3, -0.25) is 4.68 Å². The standard InChI is InChI=1S/C12H11ClF3N3/c1-17-11(12-7(13)5-18-19(12)2)10-8(15)3-6(14)4-9(10)16/h3-5,11,17H,1-2H3. The first-order valence-corrected chi connectivity index (χ1v) is 5.82. The molecular formula is C12H11ClF3N3. The Kier molecular flexibility index (Phi) is 3.82. The summed E-state index contributed by atoms with van der Waals surface area (Å²) in [5, 5.41) is 6.94. The number of hydrogen-bond donors (Lipinski definition) is 1. The fraction of sp³-hybridized carbons (Fsp3) is 0.250. The Balaban J connectivity index is 2.61. The SMILES string of the molecule is CNC(c1c(F)cc(F)cc1F)c1c(Cl)cnn1C. The summed E-state index contributed by atoms with van der Waals surface area (Å²) in [6.07, 6.45) is 1.38. The maximum absolute atomic E-state index is 13.8. The number of benzene rings is 1. The third-order valence-corrected chi connectivity index (χ3v) is 3.12. The maximum Gasteiger partial charge on any atom is 0.134 e. The van der Waals surface area contributed by atoms with Crippen LogP contribution in [-0.4, -0.2) is 16.8 Å². The van der Waals surface area contributed by atoms with Crippen LogP contribution < -0.4 is 5.32 Å². The van der Waals surface area contributed by atoms with Gasteiger partial charge in [-0.1, -0.05) is 11.6 Å². The number of rotatable bonds is 3. The molecular weight excluding hydrogens is 279 g/mol. The minimum Gasteiger partial charge on any atom is -0.308 e. The van der Waals surface area contributed by atoms with Crippen molar-refractivity contribution < 1.29 is 13.2 Å². The van der Waals surface area contributed by atoms with E-state index in [9.17, 15) is 13.2 Å². The monoisotopic (exact) mass is 289 g/mol. The van der Waals surface area contributed by atoms with Crippen molar-refractivity contribution in [1.29, 1.82) is 0 Å². The van der Waals surface area contributed by atoms with Crippen molar-refractivity contribution in [3.8, 4) is 0 Å². The number of nitrogens with one attached hydrogen (secondary N) is 1. The van der Waals surface area contributed by atoms with Gasteiger partial charge < -0.3 is 5.32 Å². The smallest absolute Gasteiger partial charge is 0.134 e. The highest BCUT2D eigenvalue weighted by Gasteiger charge is 2.26. The summed E-state index contributed by atoms with van der Waals surface area (Å²) in [6.45, 7) is 0. The number of halogens is 4. The molecule has 1 heterocycles. The Morgan fingerprint density at radius 3 is 2.26 bits per heavy atom. The lowest BCUT2D eigenvalue weighted by Gasteiger charge is -2.19. The van der Waals surface area contributed by atoms with Crippen molar-refractivity contribution in [3.05, 3.63) is 52.1 Å². The fourth-order valence-corrected chi connectivity index (χ4v) is 2.27. The maximum atomic E-state index is 13.8. The molecule has 0 radical (unpaired) electrons. The van der Waals surface area contributed by atoms with E-state index in [0.717, 1.165) is 0 Å². The molecule has 0 aliphatic heterocycles. The van der Waals surface area contributed by atoms with Gasteiger partial charge in [-0.25, -0.2) is 13.2 Å². The molecule has 0 saturated carbocycles. The molecule has 102 valence electrons. The minimum absolute atomic E-state index is 0.268. The van der Waals surface area contributed by atoms with Crippen LogP contribution in [0.5, 0.6) is 0 Å². The zero-order valence-corrected chi connectivity index (χ0v) is 11.0. The summed E-state index contributed by atoms with van der Waals surface area (Å²) < 4.78 is 42.0. The van der Waals surface area contributed by atoms with Crippen LogP contribution in [0, 0.1) is 17.5 Å². The highest BCUT2D eigenvalue weighted by Crippen LogP contribution is 2.31. The largest absolute Gasteiger partial charge is 0.308 e. The normalized spacial score (nSPS) is 12.7. The summed E-state index contributed by atoms with van der Waals surface area (Å²) in [5.41, 5.74) is 0.1000. The zero-order chi connectivity index (χ0) is 14.2. The predicted molar refractivity (Wildman–Crippen MR) is 65.4 cm³/mol. The molecule has 0 aliphatic carbocycles. The molecule has 1 aromatic carbocycles. The van der Waals surface area contributed by atoms with Crippen LogP contribution in [0.3, 0.4) is 0 Å². The number of hydrogen-bond acceptors (Lipinski definition) is 2. The van der Waals surface area contributed by atoms with Gasteiger partial charge in [0.25, 0.3) is 0 Å². The van der Waals surface area contributed by atoms with Gasteiger partial charge in [-0.15, -0.1) is 0 Å². The molecule has 1 aromatic heterocycles. The number of aromatic nitrogens is 2. The predicted octanol–water partition coefficient (Wildman–Crippen LogP) is 2.80. The van der Waals surface area contributed by atoms with Crippen LogP contribution in [0.25, 0.3) is 0 Å². The quantitative estimate of drug-likeness (QED) is 0.942. The molecule has 19 heavy (non-hydrogen) atoms. The highest BCUT2D eigenvalue weighted by atomic mass is 35.5. The van der Waals surface area contributed by atoms with Crippen LogP contribution in [0.4, 0.5) is 13.2 Å². The Hall–Kier alpha value is -1.53. The van der Waals surface area contributed by atoms with E-state index in [2.05, 4.69) is 10.4 Å². The lowest BCUT2D eigenvalue weighted by atomic mass is 10.0. The molecule has 1 atom stereocenters. The van der Waals surface area contributed by atoms with Gasteiger partial charge in [-0.2, -0.15) is 5.10 Å². The van der Waals surface area contributed by atoms with Crippen LogP contribution in [0.1, 0.15) is 17.3 Å². The van der Waals surface area contributed by atoms with Crippen molar-refractivity contribution in [2.45, 2.75) is 6.04 Å². The summed E-state index contributed by atoms with van der Waals surface area (Å²) in [6, 6.07) is 0.403. The zero-order valence-electron chi connectivity index (χ0n) is 10.2. The van der Waals surface area contributed by atoms with Gasteiger partial charge in [0, 0.05) is 24.7 Å². The highest BCUT2D eigenvalue weighted by molar-refractivity contribution is 6.31. The van der Waals surface area contributed by atoms with Crippen molar-refractivity contribution >= 4 is 11.6 Å². The van der Waals surface area contributed by atoms with E-state index >= 15 is 0 Å². The second-order valence-corrected chi connectivity index (χ2v) is 4.41. The first-order valence-electron chi connectivity index (χ1n) is 5.44. The third kappa shape index (κ3) is 2.46. The lowest BCUT2D eigenvalue weighted by Crippen LogP contribution is -2.23. The number of nitrogens with zero attached hydrogens (tertiary/aromatic N) is 2.